The van der Waals surface area contributed by atoms with Gasteiger partial charge in [-0.3, -0.25) is 9.59 Å². The Labute approximate surface area is 350 Å². The standard InChI is InChI=1S/C52H84O5/c1-3-5-7-9-11-13-15-17-18-19-20-21-22-23-24-25-26-27-28-29-30-31-32-33-34-35-37-39-41-43-45-47-52(55)57-50(48-53)49-56-51(54)46-44-42-40-38-36-16-14-12-10-8-6-4-2/h5,7,11,13,17-18,20-21,23-24,26-27,29-30,32-33,35,37,50,53H,3-4,6,8-10,12,14-16,19,22,25,28,31,34,36,38-49H2,1-2H3/b7-5-,13-11-,18-17-,21-20-,24-23-,27-26-,30-29-,33-32-,37-35-. The Morgan fingerprint density at radius 3 is 1.14 bits per heavy atom. The van der Waals surface area contributed by atoms with Gasteiger partial charge < -0.3 is 14.6 Å². The maximum Gasteiger partial charge on any atom is 0.306 e. The van der Waals surface area contributed by atoms with E-state index in [0.29, 0.717) is 12.8 Å². The topological polar surface area (TPSA) is 72.8 Å². The van der Waals surface area contributed by atoms with Gasteiger partial charge in [-0.2, -0.15) is 0 Å². The third-order valence-corrected chi connectivity index (χ3v) is 9.33. The van der Waals surface area contributed by atoms with E-state index in [1.807, 2.05) is 0 Å². The molecule has 0 radical (unpaired) electrons. The van der Waals surface area contributed by atoms with E-state index in [2.05, 4.69) is 123 Å². The summed E-state index contributed by atoms with van der Waals surface area (Å²) in [6, 6.07) is 0. The number of aliphatic hydroxyl groups is 1. The Balaban J connectivity index is 3.69. The minimum Gasteiger partial charge on any atom is -0.462 e. The summed E-state index contributed by atoms with van der Waals surface area (Å²) in [5.74, 6) is -0.636. The molecule has 0 saturated carbocycles. The van der Waals surface area contributed by atoms with Crippen LogP contribution in [0, 0.1) is 0 Å². The van der Waals surface area contributed by atoms with Crippen LogP contribution in [-0.4, -0.2) is 36.4 Å². The minimum absolute atomic E-state index is 0.0841. The van der Waals surface area contributed by atoms with Gasteiger partial charge in [0.05, 0.1) is 6.61 Å². The normalized spacial score (nSPS) is 13.2. The lowest BCUT2D eigenvalue weighted by atomic mass is 10.0. The van der Waals surface area contributed by atoms with Gasteiger partial charge in [0.1, 0.15) is 6.61 Å². The lowest BCUT2D eigenvalue weighted by Gasteiger charge is -2.15. The summed E-state index contributed by atoms with van der Waals surface area (Å²) in [5, 5.41) is 9.57. The molecular formula is C52H84O5. The second-order valence-corrected chi connectivity index (χ2v) is 14.8. The molecule has 57 heavy (non-hydrogen) atoms. The summed E-state index contributed by atoms with van der Waals surface area (Å²) < 4.78 is 10.6. The van der Waals surface area contributed by atoms with Gasteiger partial charge in [-0.15, -0.1) is 0 Å². The fourth-order valence-electron chi connectivity index (χ4n) is 5.90. The molecule has 0 saturated heterocycles. The first-order valence-electron chi connectivity index (χ1n) is 22.9. The summed E-state index contributed by atoms with van der Waals surface area (Å²) in [5.41, 5.74) is 0. The van der Waals surface area contributed by atoms with E-state index in [1.165, 1.54) is 57.8 Å². The molecule has 0 aliphatic rings. The van der Waals surface area contributed by atoms with Crippen LogP contribution in [0.1, 0.15) is 187 Å². The molecule has 0 fully saturated rings. The zero-order valence-corrected chi connectivity index (χ0v) is 36.6. The van der Waals surface area contributed by atoms with E-state index >= 15 is 0 Å². The molecule has 0 spiro atoms. The lowest BCUT2D eigenvalue weighted by molar-refractivity contribution is -0.161. The van der Waals surface area contributed by atoms with Gasteiger partial charge in [0.2, 0.25) is 0 Å². The number of ether oxygens (including phenoxy) is 2. The zero-order chi connectivity index (χ0) is 41.4. The monoisotopic (exact) mass is 789 g/mol. The Bertz CT molecular complexity index is 1160. The smallest absolute Gasteiger partial charge is 0.306 e. The van der Waals surface area contributed by atoms with Crippen molar-refractivity contribution in [2.24, 2.45) is 0 Å². The van der Waals surface area contributed by atoms with Crippen molar-refractivity contribution in [1.82, 2.24) is 0 Å². The van der Waals surface area contributed by atoms with Crippen molar-refractivity contribution >= 4 is 11.9 Å². The second kappa shape index (κ2) is 46.9. The molecule has 0 amide bonds. The van der Waals surface area contributed by atoms with Crippen molar-refractivity contribution in [3.05, 3.63) is 109 Å². The fraction of sp³-hybridized carbons (Fsp3) is 0.615. The van der Waals surface area contributed by atoms with E-state index in [9.17, 15) is 14.7 Å². The van der Waals surface area contributed by atoms with Crippen molar-refractivity contribution in [2.75, 3.05) is 13.2 Å². The molecule has 5 heteroatoms. The summed E-state index contributed by atoms with van der Waals surface area (Å²) in [4.78, 5) is 24.3. The van der Waals surface area contributed by atoms with Crippen LogP contribution >= 0.6 is 0 Å². The molecule has 0 heterocycles. The molecule has 0 bridgehead atoms. The molecular weight excluding hydrogens is 705 g/mol. The van der Waals surface area contributed by atoms with Crippen molar-refractivity contribution in [1.29, 1.82) is 0 Å². The van der Waals surface area contributed by atoms with Gasteiger partial charge in [-0.05, 0) is 83.5 Å². The van der Waals surface area contributed by atoms with E-state index in [-0.39, 0.29) is 25.2 Å². The van der Waals surface area contributed by atoms with Gasteiger partial charge in [0.15, 0.2) is 6.10 Å². The van der Waals surface area contributed by atoms with Crippen molar-refractivity contribution in [2.45, 2.75) is 193 Å². The molecule has 0 aromatic carbocycles. The third-order valence-electron chi connectivity index (χ3n) is 9.33. The summed E-state index contributed by atoms with van der Waals surface area (Å²) in [6.07, 6.45) is 67.4. The Morgan fingerprint density at radius 2 is 0.754 bits per heavy atom. The molecule has 5 nitrogen and oxygen atoms in total. The predicted octanol–water partition coefficient (Wildman–Crippen LogP) is 15.0. The number of carbonyl (C=O) groups is 2. The molecule has 0 aliphatic heterocycles. The number of hydrogen-bond acceptors (Lipinski definition) is 5. The molecule has 1 N–H and O–H groups in total. The van der Waals surface area contributed by atoms with Crippen LogP contribution in [0.2, 0.25) is 0 Å². The lowest BCUT2D eigenvalue weighted by Crippen LogP contribution is -2.28. The van der Waals surface area contributed by atoms with Gasteiger partial charge in [-0.25, -0.2) is 0 Å². The predicted molar refractivity (Wildman–Crippen MR) is 246 cm³/mol. The molecule has 322 valence electrons. The van der Waals surface area contributed by atoms with Crippen molar-refractivity contribution in [3.63, 3.8) is 0 Å². The van der Waals surface area contributed by atoms with Crippen LogP contribution in [0.15, 0.2) is 109 Å². The number of esters is 2. The number of carbonyl (C=O) groups excluding carboxylic acids is 2. The summed E-state index contributed by atoms with van der Waals surface area (Å²) in [7, 11) is 0. The summed E-state index contributed by atoms with van der Waals surface area (Å²) >= 11 is 0. The van der Waals surface area contributed by atoms with Crippen LogP contribution in [0.4, 0.5) is 0 Å². The average Bonchev–Trinajstić information content (AvgIpc) is 3.21. The highest BCUT2D eigenvalue weighted by Crippen LogP contribution is 2.13. The molecule has 1 unspecified atom stereocenters. The van der Waals surface area contributed by atoms with E-state index < -0.39 is 6.10 Å². The molecule has 0 rings (SSSR count). The number of allylic oxidation sites excluding steroid dienone is 18. The van der Waals surface area contributed by atoms with E-state index in [4.69, 9.17) is 9.47 Å². The first-order chi connectivity index (χ1) is 28.1. The van der Waals surface area contributed by atoms with Crippen LogP contribution < -0.4 is 0 Å². The quantitative estimate of drug-likeness (QED) is 0.0380. The number of aliphatic hydroxyl groups excluding tert-OH is 1. The van der Waals surface area contributed by atoms with Gasteiger partial charge >= 0.3 is 11.9 Å². The molecule has 1 atom stereocenters. The van der Waals surface area contributed by atoms with Crippen LogP contribution in [0.3, 0.4) is 0 Å². The Kier molecular flexibility index (Phi) is 44.1. The zero-order valence-electron chi connectivity index (χ0n) is 36.6. The van der Waals surface area contributed by atoms with E-state index in [1.54, 1.807) is 0 Å². The highest BCUT2D eigenvalue weighted by molar-refractivity contribution is 5.70. The second-order valence-electron chi connectivity index (χ2n) is 14.8. The highest BCUT2D eigenvalue weighted by atomic mass is 16.6. The Morgan fingerprint density at radius 1 is 0.421 bits per heavy atom. The number of rotatable bonds is 40. The molecule has 0 aromatic rings. The first-order valence-corrected chi connectivity index (χ1v) is 22.9. The van der Waals surface area contributed by atoms with Crippen molar-refractivity contribution in [3.8, 4) is 0 Å². The molecule has 0 aliphatic carbocycles. The van der Waals surface area contributed by atoms with Gasteiger partial charge in [0.25, 0.3) is 0 Å². The Hall–Kier alpha value is -3.44. The van der Waals surface area contributed by atoms with E-state index in [0.717, 1.165) is 103 Å². The fourth-order valence-corrected chi connectivity index (χ4v) is 5.90. The highest BCUT2D eigenvalue weighted by Gasteiger charge is 2.16. The molecule has 0 aromatic heterocycles. The van der Waals surface area contributed by atoms with Crippen LogP contribution in [0.25, 0.3) is 0 Å². The van der Waals surface area contributed by atoms with Gasteiger partial charge in [-0.1, -0.05) is 200 Å². The number of hydrogen-bond donors (Lipinski definition) is 1. The van der Waals surface area contributed by atoms with Gasteiger partial charge in [0, 0.05) is 12.8 Å². The first kappa shape index (κ1) is 53.6. The summed E-state index contributed by atoms with van der Waals surface area (Å²) in [6.45, 7) is 3.98. The van der Waals surface area contributed by atoms with Crippen molar-refractivity contribution < 1.29 is 24.2 Å². The average molecular weight is 789 g/mol. The maximum atomic E-state index is 12.2. The maximum absolute atomic E-state index is 12.2. The van der Waals surface area contributed by atoms with Crippen LogP contribution in [0.5, 0.6) is 0 Å². The van der Waals surface area contributed by atoms with Crippen LogP contribution in [-0.2, 0) is 19.1 Å². The minimum atomic E-state index is -0.794. The largest absolute Gasteiger partial charge is 0.462 e. The number of unbranched alkanes of at least 4 members (excludes halogenated alkanes) is 14. The SMILES string of the molecule is CC/C=C\C/C=C\C/C=C\C/C=C\C/C=C\C/C=C\C/C=C\C/C=C\C/C=C\CCCCCC(=O)OC(CO)COC(=O)CCCCCCCCCCCCCC. The third kappa shape index (κ3) is 45.1.